The zero-order valence-corrected chi connectivity index (χ0v) is 23.7. The molecule has 192 valence electrons. The van der Waals surface area contributed by atoms with Gasteiger partial charge in [0.25, 0.3) is 0 Å². The molecular formula is C35H34BN3. The van der Waals surface area contributed by atoms with Crippen molar-refractivity contribution in [2.75, 3.05) is 4.90 Å². The van der Waals surface area contributed by atoms with Crippen molar-refractivity contribution >= 4 is 40.2 Å². The Balaban J connectivity index is 1.89. The number of rotatable bonds is 5. The number of benzene rings is 4. The summed E-state index contributed by atoms with van der Waals surface area (Å²) < 4.78 is 0. The van der Waals surface area contributed by atoms with Crippen molar-refractivity contribution in [1.82, 2.24) is 0 Å². The fraction of sp³-hybridized carbons (Fsp3) is 0.257. The SMILES string of the molecule is CC(C)c1cc(C(C)C)c(B2c3ccccc3N(c3c(C#N)cccc3C#N)c3ccccc32)c(C(C)C)c1. The third-order valence-electron chi connectivity index (χ3n) is 7.94. The molecule has 39 heavy (non-hydrogen) atoms. The van der Waals surface area contributed by atoms with Gasteiger partial charge in [-0.2, -0.15) is 10.5 Å². The summed E-state index contributed by atoms with van der Waals surface area (Å²) in [6.45, 7) is 13.7. The Bertz CT molecular complexity index is 1530. The van der Waals surface area contributed by atoms with Gasteiger partial charge in [0.2, 0.25) is 6.71 Å². The predicted octanol–water partition coefficient (Wildman–Crippen LogP) is 7.10. The van der Waals surface area contributed by atoms with E-state index >= 15 is 0 Å². The maximum absolute atomic E-state index is 10.1. The van der Waals surface area contributed by atoms with Crippen LogP contribution in [0.2, 0.25) is 0 Å². The molecule has 0 saturated heterocycles. The van der Waals surface area contributed by atoms with E-state index in [0.717, 1.165) is 11.4 Å². The highest BCUT2D eigenvalue weighted by atomic mass is 15.2. The summed E-state index contributed by atoms with van der Waals surface area (Å²) in [5, 5.41) is 20.1. The Morgan fingerprint density at radius 1 is 0.615 bits per heavy atom. The van der Waals surface area contributed by atoms with Crippen LogP contribution >= 0.6 is 0 Å². The molecule has 0 N–H and O–H groups in total. The van der Waals surface area contributed by atoms with Gasteiger partial charge in [-0.1, -0.05) is 102 Å². The average molecular weight is 507 g/mol. The normalized spacial score (nSPS) is 12.4. The molecular weight excluding hydrogens is 473 g/mol. The van der Waals surface area contributed by atoms with E-state index in [1.807, 2.05) is 12.1 Å². The van der Waals surface area contributed by atoms with E-state index in [1.165, 1.54) is 33.1 Å². The first kappa shape index (κ1) is 26.3. The second kappa shape index (κ2) is 10.5. The quantitative estimate of drug-likeness (QED) is 0.239. The molecule has 4 heteroatoms. The minimum atomic E-state index is 0.0319. The van der Waals surface area contributed by atoms with Gasteiger partial charge in [-0.25, -0.2) is 0 Å². The van der Waals surface area contributed by atoms with Crippen molar-refractivity contribution in [2.24, 2.45) is 0 Å². The number of hydrogen-bond donors (Lipinski definition) is 0. The first-order chi connectivity index (χ1) is 18.8. The van der Waals surface area contributed by atoms with Crippen molar-refractivity contribution in [3.05, 3.63) is 107 Å². The number of anilines is 3. The lowest BCUT2D eigenvalue weighted by molar-refractivity contribution is 0.812. The van der Waals surface area contributed by atoms with Crippen LogP contribution in [0.1, 0.15) is 87.1 Å². The molecule has 0 amide bonds. The van der Waals surface area contributed by atoms with Gasteiger partial charge < -0.3 is 4.90 Å². The first-order valence-electron chi connectivity index (χ1n) is 13.9. The van der Waals surface area contributed by atoms with Crippen LogP contribution in [0, 0.1) is 22.7 Å². The first-order valence-corrected chi connectivity index (χ1v) is 13.9. The largest absolute Gasteiger partial charge is 0.309 e. The second-order valence-corrected chi connectivity index (χ2v) is 11.4. The Labute approximate surface area is 233 Å². The van der Waals surface area contributed by atoms with E-state index in [1.54, 1.807) is 18.2 Å². The van der Waals surface area contributed by atoms with Crippen LogP contribution in [0.5, 0.6) is 0 Å². The highest BCUT2D eigenvalue weighted by Gasteiger charge is 2.39. The molecule has 3 nitrogen and oxygen atoms in total. The van der Waals surface area contributed by atoms with E-state index in [2.05, 4.69) is 107 Å². The van der Waals surface area contributed by atoms with Gasteiger partial charge in [-0.15, -0.1) is 0 Å². The van der Waals surface area contributed by atoms with Crippen molar-refractivity contribution in [3.8, 4) is 12.1 Å². The number of fused-ring (bicyclic) bond motifs is 2. The van der Waals surface area contributed by atoms with Crippen LogP contribution in [0.3, 0.4) is 0 Å². The molecule has 0 aromatic heterocycles. The van der Waals surface area contributed by atoms with Gasteiger partial charge in [-0.3, -0.25) is 0 Å². The van der Waals surface area contributed by atoms with Gasteiger partial charge in [0.15, 0.2) is 0 Å². The predicted molar refractivity (Wildman–Crippen MR) is 164 cm³/mol. The van der Waals surface area contributed by atoms with E-state index in [9.17, 15) is 10.5 Å². The molecule has 5 rings (SSSR count). The van der Waals surface area contributed by atoms with Gasteiger partial charge in [0.05, 0.1) is 16.8 Å². The number of nitrogens with zero attached hydrogens (tertiary/aromatic N) is 3. The molecule has 4 aromatic rings. The summed E-state index contributed by atoms with van der Waals surface area (Å²) in [5.74, 6) is 1.17. The number of hydrogen-bond acceptors (Lipinski definition) is 3. The van der Waals surface area contributed by atoms with Gasteiger partial charge in [-0.05, 0) is 69.6 Å². The molecule has 4 aromatic carbocycles. The molecule has 0 aliphatic carbocycles. The summed E-state index contributed by atoms with van der Waals surface area (Å²) in [5.41, 5.74) is 11.6. The highest BCUT2D eigenvalue weighted by molar-refractivity contribution is 6.98. The van der Waals surface area contributed by atoms with Crippen molar-refractivity contribution in [2.45, 2.75) is 59.3 Å². The molecule has 0 unspecified atom stereocenters. The Kier molecular flexibility index (Phi) is 7.07. The zero-order chi connectivity index (χ0) is 27.8. The maximum Gasteiger partial charge on any atom is 0.247 e. The van der Waals surface area contributed by atoms with Crippen molar-refractivity contribution < 1.29 is 0 Å². The van der Waals surface area contributed by atoms with E-state index in [-0.39, 0.29) is 6.71 Å². The highest BCUT2D eigenvalue weighted by Crippen LogP contribution is 2.40. The topological polar surface area (TPSA) is 50.8 Å². The Morgan fingerprint density at radius 3 is 1.49 bits per heavy atom. The lowest BCUT2D eigenvalue weighted by atomic mass is 9.33. The van der Waals surface area contributed by atoms with Crippen LogP contribution in [0.4, 0.5) is 17.1 Å². The van der Waals surface area contributed by atoms with E-state index in [0.29, 0.717) is 34.6 Å². The van der Waals surface area contributed by atoms with Gasteiger partial charge in [0, 0.05) is 11.4 Å². The summed E-state index contributed by atoms with van der Waals surface area (Å²) in [6, 6.07) is 31.9. The third-order valence-corrected chi connectivity index (χ3v) is 7.94. The molecule has 0 bridgehead atoms. The molecule has 0 atom stereocenters. The molecule has 1 heterocycles. The fourth-order valence-corrected chi connectivity index (χ4v) is 6.03. The monoisotopic (exact) mass is 507 g/mol. The molecule has 1 aliphatic heterocycles. The summed E-state index contributed by atoms with van der Waals surface area (Å²) in [4.78, 5) is 2.13. The van der Waals surface area contributed by atoms with Crippen LogP contribution in [0.25, 0.3) is 0 Å². The maximum atomic E-state index is 10.1. The number of nitriles is 2. The van der Waals surface area contributed by atoms with Crippen molar-refractivity contribution in [3.63, 3.8) is 0 Å². The molecule has 0 spiro atoms. The summed E-state index contributed by atoms with van der Waals surface area (Å²) in [7, 11) is 0. The average Bonchev–Trinajstić information content (AvgIpc) is 2.94. The molecule has 0 fully saturated rings. The number of para-hydroxylation sites is 3. The third kappa shape index (κ3) is 4.41. The minimum Gasteiger partial charge on any atom is -0.309 e. The lowest BCUT2D eigenvalue weighted by Gasteiger charge is -2.39. The minimum absolute atomic E-state index is 0.0319. The van der Waals surface area contributed by atoms with Crippen molar-refractivity contribution in [1.29, 1.82) is 10.5 Å². The second-order valence-electron chi connectivity index (χ2n) is 11.4. The standard InChI is InChI=1S/C35H34BN3/c1-22(2)27-18-28(23(3)4)34(29(19-27)24(5)6)36-30-14-7-9-16-32(30)39(33-17-10-8-15-31(33)36)35-25(20-37)12-11-13-26(35)21-38/h7-19,22-24H,1-6H3. The van der Waals surface area contributed by atoms with Crippen LogP contribution < -0.4 is 21.3 Å². The lowest BCUT2D eigenvalue weighted by Crippen LogP contribution is -2.59. The van der Waals surface area contributed by atoms with Crippen LogP contribution in [0.15, 0.2) is 78.9 Å². The van der Waals surface area contributed by atoms with E-state index in [4.69, 9.17) is 0 Å². The van der Waals surface area contributed by atoms with Crippen LogP contribution in [-0.4, -0.2) is 6.71 Å². The molecule has 0 saturated carbocycles. The molecule has 0 radical (unpaired) electrons. The zero-order valence-electron chi connectivity index (χ0n) is 23.7. The Hall–Kier alpha value is -4.28. The van der Waals surface area contributed by atoms with Crippen LogP contribution in [-0.2, 0) is 0 Å². The van der Waals surface area contributed by atoms with Gasteiger partial charge in [0.1, 0.15) is 12.1 Å². The summed E-state index contributed by atoms with van der Waals surface area (Å²) in [6.07, 6.45) is 0. The fourth-order valence-electron chi connectivity index (χ4n) is 6.03. The smallest absolute Gasteiger partial charge is 0.247 e. The van der Waals surface area contributed by atoms with Gasteiger partial charge >= 0.3 is 0 Å². The van der Waals surface area contributed by atoms with E-state index < -0.39 is 0 Å². The summed E-state index contributed by atoms with van der Waals surface area (Å²) >= 11 is 0. The Morgan fingerprint density at radius 2 is 1.08 bits per heavy atom. The molecule has 1 aliphatic rings.